The second-order valence-electron chi connectivity index (χ2n) is 4.93. The predicted octanol–water partition coefficient (Wildman–Crippen LogP) is 2.80. The number of thiophene rings is 1. The Kier molecular flexibility index (Phi) is 6.20. The lowest BCUT2D eigenvalue weighted by molar-refractivity contribution is -0.141. The molecule has 0 aliphatic heterocycles. The Morgan fingerprint density at radius 1 is 1.12 bits per heavy atom. The molecule has 1 N–H and O–H groups in total. The third kappa shape index (κ3) is 4.26. The zero-order valence-corrected chi connectivity index (χ0v) is 14.5. The molecule has 0 spiro atoms. The Hall–Kier alpha value is -2.54. The zero-order valence-electron chi connectivity index (χ0n) is 13.7. The first-order valence-corrected chi connectivity index (χ1v) is 8.15. The van der Waals surface area contributed by atoms with Crippen LogP contribution in [-0.2, 0) is 9.53 Å². The molecule has 0 bridgehead atoms. The van der Waals surface area contributed by atoms with Crippen LogP contribution in [0, 0.1) is 0 Å². The van der Waals surface area contributed by atoms with Crippen molar-refractivity contribution in [3.05, 3.63) is 46.2 Å². The molecule has 2 rings (SSSR count). The van der Waals surface area contributed by atoms with Crippen molar-refractivity contribution < 1.29 is 23.8 Å². The van der Waals surface area contributed by atoms with E-state index in [9.17, 15) is 9.59 Å². The number of ether oxygens (including phenoxy) is 3. The van der Waals surface area contributed by atoms with Crippen LogP contribution >= 0.6 is 11.3 Å². The van der Waals surface area contributed by atoms with Gasteiger partial charge in [0.25, 0.3) is 5.91 Å². The van der Waals surface area contributed by atoms with Crippen molar-refractivity contribution in [3.8, 4) is 11.5 Å². The number of benzene rings is 1. The third-order valence-electron chi connectivity index (χ3n) is 3.50. The van der Waals surface area contributed by atoms with Gasteiger partial charge in [-0.15, -0.1) is 0 Å². The van der Waals surface area contributed by atoms with Gasteiger partial charge in [0.15, 0.2) is 11.5 Å². The predicted molar refractivity (Wildman–Crippen MR) is 90.7 cm³/mol. The van der Waals surface area contributed by atoms with Gasteiger partial charge in [-0.3, -0.25) is 9.59 Å². The van der Waals surface area contributed by atoms with Crippen LogP contribution in [-0.4, -0.2) is 33.2 Å². The number of hydrogen-bond donors (Lipinski definition) is 1. The van der Waals surface area contributed by atoms with E-state index >= 15 is 0 Å². The van der Waals surface area contributed by atoms with Crippen molar-refractivity contribution in [2.24, 2.45) is 0 Å². The van der Waals surface area contributed by atoms with E-state index in [4.69, 9.17) is 14.2 Å². The first kappa shape index (κ1) is 17.8. The molecule has 1 atom stereocenters. The lowest BCUT2D eigenvalue weighted by Gasteiger charge is -2.19. The SMILES string of the molecule is COC(=O)C[C@H](NC(=O)c1ccsc1)c1ccc(OC)c(OC)c1. The lowest BCUT2D eigenvalue weighted by Crippen LogP contribution is -2.30. The molecule has 0 fully saturated rings. The molecule has 1 heterocycles. The second kappa shape index (κ2) is 8.35. The maximum atomic E-state index is 12.3. The Balaban J connectivity index is 2.28. The molecule has 128 valence electrons. The average molecular weight is 349 g/mol. The van der Waals surface area contributed by atoms with Crippen molar-refractivity contribution in [2.45, 2.75) is 12.5 Å². The maximum Gasteiger partial charge on any atom is 0.307 e. The maximum absolute atomic E-state index is 12.3. The van der Waals surface area contributed by atoms with Crippen LogP contribution in [0.2, 0.25) is 0 Å². The molecule has 1 amide bonds. The van der Waals surface area contributed by atoms with Gasteiger partial charge in [0, 0.05) is 5.38 Å². The third-order valence-corrected chi connectivity index (χ3v) is 4.18. The van der Waals surface area contributed by atoms with E-state index in [0.717, 1.165) is 5.56 Å². The van der Waals surface area contributed by atoms with Crippen LogP contribution in [0.5, 0.6) is 11.5 Å². The number of esters is 1. The Morgan fingerprint density at radius 3 is 2.46 bits per heavy atom. The molecule has 0 radical (unpaired) electrons. The molecule has 1 aromatic heterocycles. The molecule has 0 saturated carbocycles. The first-order chi connectivity index (χ1) is 11.6. The molecule has 6 nitrogen and oxygen atoms in total. The van der Waals surface area contributed by atoms with E-state index in [1.54, 1.807) is 36.8 Å². The van der Waals surface area contributed by atoms with Gasteiger partial charge in [-0.1, -0.05) is 6.07 Å². The zero-order chi connectivity index (χ0) is 17.5. The number of carbonyl (C=O) groups is 2. The molecule has 1 aromatic carbocycles. The molecule has 7 heteroatoms. The highest BCUT2D eigenvalue weighted by molar-refractivity contribution is 7.08. The highest BCUT2D eigenvalue weighted by atomic mass is 32.1. The van der Waals surface area contributed by atoms with Gasteiger partial charge in [-0.25, -0.2) is 0 Å². The number of amides is 1. The quantitative estimate of drug-likeness (QED) is 0.778. The fourth-order valence-corrected chi connectivity index (χ4v) is 2.84. The van der Waals surface area contributed by atoms with Crippen LogP contribution < -0.4 is 14.8 Å². The summed E-state index contributed by atoms with van der Waals surface area (Å²) in [5.41, 5.74) is 1.27. The van der Waals surface area contributed by atoms with E-state index in [1.165, 1.54) is 25.6 Å². The molecule has 0 aliphatic rings. The summed E-state index contributed by atoms with van der Waals surface area (Å²) in [5.74, 6) is 0.428. The van der Waals surface area contributed by atoms with Crippen LogP contribution in [0.15, 0.2) is 35.0 Å². The largest absolute Gasteiger partial charge is 0.493 e. The van der Waals surface area contributed by atoms with Crippen molar-refractivity contribution in [1.82, 2.24) is 5.32 Å². The number of nitrogens with one attached hydrogen (secondary N) is 1. The molecule has 0 saturated heterocycles. The van der Waals surface area contributed by atoms with Gasteiger partial charge in [-0.05, 0) is 29.1 Å². The fourth-order valence-electron chi connectivity index (χ4n) is 2.21. The molecule has 0 unspecified atom stereocenters. The minimum atomic E-state index is -0.537. The van der Waals surface area contributed by atoms with E-state index in [0.29, 0.717) is 17.1 Å². The van der Waals surface area contributed by atoms with Gasteiger partial charge < -0.3 is 19.5 Å². The van der Waals surface area contributed by atoms with Crippen LogP contribution in [0.3, 0.4) is 0 Å². The number of methoxy groups -OCH3 is 3. The molecular weight excluding hydrogens is 330 g/mol. The topological polar surface area (TPSA) is 73.9 Å². The average Bonchev–Trinajstić information content (AvgIpc) is 3.15. The standard InChI is InChI=1S/C17H19NO5S/c1-21-14-5-4-11(8-15(14)22-2)13(9-16(19)23-3)18-17(20)12-6-7-24-10-12/h4-8,10,13H,9H2,1-3H3,(H,18,20)/t13-/m0/s1. The van der Waals surface area contributed by atoms with E-state index < -0.39 is 12.0 Å². The summed E-state index contributed by atoms with van der Waals surface area (Å²) in [5, 5.41) is 6.43. The highest BCUT2D eigenvalue weighted by Gasteiger charge is 2.21. The second-order valence-corrected chi connectivity index (χ2v) is 5.71. The highest BCUT2D eigenvalue weighted by Crippen LogP contribution is 2.31. The number of carbonyl (C=O) groups excluding carboxylic acids is 2. The van der Waals surface area contributed by atoms with Crippen molar-refractivity contribution in [3.63, 3.8) is 0 Å². The number of hydrogen-bond acceptors (Lipinski definition) is 6. The summed E-state index contributed by atoms with van der Waals surface area (Å²) in [6.07, 6.45) is 0.0157. The summed E-state index contributed by atoms with van der Waals surface area (Å²) in [6, 6.07) is 6.44. The Bertz CT molecular complexity index is 699. The van der Waals surface area contributed by atoms with Crippen molar-refractivity contribution in [2.75, 3.05) is 21.3 Å². The monoisotopic (exact) mass is 349 g/mol. The van der Waals surface area contributed by atoms with Gasteiger partial charge in [0.05, 0.1) is 39.4 Å². The Labute approximate surface area is 144 Å². The Morgan fingerprint density at radius 2 is 1.88 bits per heavy atom. The van der Waals surface area contributed by atoms with Gasteiger partial charge in [0.1, 0.15) is 0 Å². The van der Waals surface area contributed by atoms with Gasteiger partial charge in [-0.2, -0.15) is 11.3 Å². The normalized spacial score (nSPS) is 11.5. The summed E-state index contributed by atoms with van der Waals surface area (Å²) in [7, 11) is 4.39. The summed E-state index contributed by atoms with van der Waals surface area (Å²) < 4.78 is 15.2. The smallest absolute Gasteiger partial charge is 0.307 e. The van der Waals surface area contributed by atoms with E-state index in [1.807, 2.05) is 5.38 Å². The minimum absolute atomic E-state index is 0.0157. The fraction of sp³-hybridized carbons (Fsp3) is 0.294. The van der Waals surface area contributed by atoms with E-state index in [2.05, 4.69) is 5.32 Å². The van der Waals surface area contributed by atoms with Crippen LogP contribution in [0.25, 0.3) is 0 Å². The molecule has 0 aliphatic carbocycles. The van der Waals surface area contributed by atoms with Gasteiger partial charge in [0.2, 0.25) is 0 Å². The van der Waals surface area contributed by atoms with Crippen molar-refractivity contribution in [1.29, 1.82) is 0 Å². The summed E-state index contributed by atoms with van der Waals surface area (Å²) in [4.78, 5) is 24.0. The molecule has 24 heavy (non-hydrogen) atoms. The van der Waals surface area contributed by atoms with Crippen LogP contribution in [0.4, 0.5) is 0 Å². The molecule has 2 aromatic rings. The van der Waals surface area contributed by atoms with Crippen LogP contribution in [0.1, 0.15) is 28.4 Å². The minimum Gasteiger partial charge on any atom is -0.493 e. The van der Waals surface area contributed by atoms with E-state index in [-0.39, 0.29) is 12.3 Å². The first-order valence-electron chi connectivity index (χ1n) is 7.20. The van der Waals surface area contributed by atoms with Crippen molar-refractivity contribution >= 4 is 23.2 Å². The summed E-state index contributed by atoms with van der Waals surface area (Å²) >= 11 is 1.43. The number of rotatable bonds is 7. The molecular formula is C17H19NO5S. The lowest BCUT2D eigenvalue weighted by atomic mass is 10.0. The van der Waals surface area contributed by atoms with Gasteiger partial charge >= 0.3 is 5.97 Å². The summed E-state index contributed by atoms with van der Waals surface area (Å²) in [6.45, 7) is 0.